The molecular formula is C23H25FN4S2. The van der Waals surface area contributed by atoms with Gasteiger partial charge in [-0.15, -0.1) is 22.7 Å². The van der Waals surface area contributed by atoms with Crippen molar-refractivity contribution in [2.75, 3.05) is 18.4 Å². The lowest BCUT2D eigenvalue weighted by molar-refractivity contribution is 0.109. The highest BCUT2D eigenvalue weighted by Crippen LogP contribution is 2.40. The Morgan fingerprint density at radius 1 is 1.27 bits per heavy atom. The second-order valence-electron chi connectivity index (χ2n) is 8.15. The number of likely N-dealkylation sites (tertiary alicyclic amines) is 1. The van der Waals surface area contributed by atoms with Gasteiger partial charge in [0.1, 0.15) is 11.0 Å². The van der Waals surface area contributed by atoms with Crippen LogP contribution in [0.5, 0.6) is 0 Å². The Hall–Kier alpha value is -2.09. The Morgan fingerprint density at radius 3 is 3.03 bits per heavy atom. The molecule has 0 radical (unpaired) electrons. The molecule has 1 aliphatic rings. The van der Waals surface area contributed by atoms with Crippen LogP contribution in [-0.4, -0.2) is 40.2 Å². The maximum Gasteiger partial charge on any atom is 0.125 e. The minimum Gasteiger partial charge on any atom is -0.355 e. The van der Waals surface area contributed by atoms with Crippen molar-refractivity contribution in [3.8, 4) is 0 Å². The predicted molar refractivity (Wildman–Crippen MR) is 126 cm³/mol. The average Bonchev–Trinajstić information content (AvgIpc) is 3.36. The van der Waals surface area contributed by atoms with E-state index in [1.54, 1.807) is 29.6 Å². The molecular weight excluding hydrogens is 415 g/mol. The number of thiazole rings is 1. The first-order chi connectivity index (χ1) is 14.6. The van der Waals surface area contributed by atoms with E-state index in [0.717, 1.165) is 46.5 Å². The number of pyridine rings is 1. The van der Waals surface area contributed by atoms with Gasteiger partial charge in [-0.1, -0.05) is 0 Å². The van der Waals surface area contributed by atoms with Crippen LogP contribution < -0.4 is 5.32 Å². The van der Waals surface area contributed by atoms with Gasteiger partial charge >= 0.3 is 0 Å². The van der Waals surface area contributed by atoms with Crippen molar-refractivity contribution in [1.82, 2.24) is 14.9 Å². The summed E-state index contributed by atoms with van der Waals surface area (Å²) < 4.78 is 14.8. The Kier molecular flexibility index (Phi) is 5.43. The number of benzene rings is 1. The van der Waals surface area contributed by atoms with Gasteiger partial charge in [0.05, 0.1) is 21.4 Å². The first-order valence-electron chi connectivity index (χ1n) is 10.5. The largest absolute Gasteiger partial charge is 0.355 e. The van der Waals surface area contributed by atoms with Crippen LogP contribution in [0.3, 0.4) is 0 Å². The number of hydrogen-bond acceptors (Lipinski definition) is 6. The summed E-state index contributed by atoms with van der Waals surface area (Å²) in [7, 11) is 0. The number of nitrogens with one attached hydrogen (secondary N) is 1. The maximum absolute atomic E-state index is 13.6. The number of nitrogens with zero attached hydrogens (tertiary/aromatic N) is 3. The minimum atomic E-state index is -0.791. The average molecular weight is 441 g/mol. The summed E-state index contributed by atoms with van der Waals surface area (Å²) in [5, 5.41) is 4.71. The topological polar surface area (TPSA) is 41.0 Å². The molecule has 1 aromatic carbocycles. The summed E-state index contributed by atoms with van der Waals surface area (Å²) in [5.41, 5.74) is 4.99. The normalized spacial score (nSPS) is 21.3. The number of aromatic nitrogens is 2. The lowest BCUT2D eigenvalue weighted by atomic mass is 9.88. The van der Waals surface area contributed by atoms with E-state index in [-0.39, 0.29) is 0 Å². The summed E-state index contributed by atoms with van der Waals surface area (Å²) in [6.07, 6.45) is 3.34. The number of thiophene rings is 1. The zero-order chi connectivity index (χ0) is 20.7. The summed E-state index contributed by atoms with van der Waals surface area (Å²) in [4.78, 5) is 13.8. The van der Waals surface area contributed by atoms with Gasteiger partial charge in [-0.05, 0) is 63.6 Å². The molecule has 0 spiro atoms. The quantitative estimate of drug-likeness (QED) is 0.381. The number of alkyl halides is 1. The highest BCUT2D eigenvalue weighted by molar-refractivity contribution is 7.18. The van der Waals surface area contributed by atoms with E-state index < -0.39 is 6.17 Å². The Labute approximate surface area is 183 Å². The maximum atomic E-state index is 13.6. The minimum absolute atomic E-state index is 0.341. The van der Waals surface area contributed by atoms with E-state index in [2.05, 4.69) is 51.4 Å². The molecule has 0 amide bonds. The van der Waals surface area contributed by atoms with Crippen molar-refractivity contribution < 1.29 is 4.39 Å². The molecule has 1 saturated heterocycles. The van der Waals surface area contributed by atoms with E-state index >= 15 is 0 Å². The molecule has 3 atom stereocenters. The van der Waals surface area contributed by atoms with Crippen molar-refractivity contribution >= 4 is 54.5 Å². The van der Waals surface area contributed by atoms with E-state index in [9.17, 15) is 4.39 Å². The van der Waals surface area contributed by atoms with Gasteiger partial charge < -0.3 is 5.32 Å². The molecule has 0 bridgehead atoms. The van der Waals surface area contributed by atoms with E-state index in [4.69, 9.17) is 0 Å². The van der Waals surface area contributed by atoms with Crippen molar-refractivity contribution in [2.24, 2.45) is 0 Å². The second-order valence-corrected chi connectivity index (χ2v) is 10.1. The van der Waals surface area contributed by atoms with Crippen LogP contribution in [0.1, 0.15) is 37.5 Å². The second kappa shape index (κ2) is 8.21. The third-order valence-electron chi connectivity index (χ3n) is 6.03. The number of anilines is 2. The molecule has 3 aromatic heterocycles. The molecule has 1 N–H and O–H groups in total. The molecule has 4 nitrogen and oxygen atoms in total. The molecule has 0 saturated carbocycles. The standard InChI is InChI=1S/C23H25FN4S2/c1-14(24)12-28-9-3-4-17(15(28)2)22-11-18-19(7-8-25-23(18)30-22)27-16-5-6-21-20(10-16)26-13-29-21/h5-8,10-11,13-15,17H,3-4,9,12H2,1-2H3,(H,25,27)/t14?,15-,17-/m1/s1. The molecule has 4 heterocycles. The van der Waals surface area contributed by atoms with Gasteiger partial charge in [0.15, 0.2) is 0 Å². The predicted octanol–water partition coefficient (Wildman–Crippen LogP) is 6.58. The first-order valence-corrected chi connectivity index (χ1v) is 12.1. The van der Waals surface area contributed by atoms with Crippen molar-refractivity contribution in [3.63, 3.8) is 0 Å². The molecule has 0 aliphatic carbocycles. The van der Waals surface area contributed by atoms with E-state index in [0.29, 0.717) is 18.5 Å². The van der Waals surface area contributed by atoms with Gasteiger partial charge in [0.25, 0.3) is 0 Å². The molecule has 156 valence electrons. The van der Waals surface area contributed by atoms with Gasteiger partial charge in [0, 0.05) is 40.7 Å². The van der Waals surface area contributed by atoms with Crippen LogP contribution in [0.15, 0.2) is 42.0 Å². The fourth-order valence-electron chi connectivity index (χ4n) is 4.52. The number of fused-ring (bicyclic) bond motifs is 2. The third kappa shape index (κ3) is 3.82. The number of piperidine rings is 1. The summed E-state index contributed by atoms with van der Waals surface area (Å²) in [6, 6.07) is 11.0. The molecule has 1 unspecified atom stereocenters. The zero-order valence-electron chi connectivity index (χ0n) is 17.1. The van der Waals surface area contributed by atoms with Crippen LogP contribution in [0.25, 0.3) is 20.4 Å². The van der Waals surface area contributed by atoms with Gasteiger partial charge in [-0.25, -0.2) is 14.4 Å². The van der Waals surface area contributed by atoms with E-state index in [1.807, 2.05) is 17.8 Å². The van der Waals surface area contributed by atoms with Crippen LogP contribution in [0, 0.1) is 0 Å². The molecule has 1 aliphatic heterocycles. The molecule has 1 fully saturated rings. The lowest BCUT2D eigenvalue weighted by Gasteiger charge is -2.39. The fraction of sp³-hybridized carbons (Fsp3) is 0.391. The smallest absolute Gasteiger partial charge is 0.125 e. The third-order valence-corrected chi connectivity index (χ3v) is 8.02. The number of halogens is 1. The lowest BCUT2D eigenvalue weighted by Crippen LogP contribution is -2.44. The highest BCUT2D eigenvalue weighted by atomic mass is 32.1. The summed E-state index contributed by atoms with van der Waals surface area (Å²) in [6.45, 7) is 5.40. The summed E-state index contributed by atoms with van der Waals surface area (Å²) >= 11 is 3.43. The Morgan fingerprint density at radius 2 is 2.17 bits per heavy atom. The SMILES string of the molecule is CC(F)CN1CCC[C@@H](c2cc3c(Nc4ccc5scnc5c4)ccnc3s2)[C@H]1C. The Bertz CT molecular complexity index is 1170. The van der Waals surface area contributed by atoms with Gasteiger partial charge in [-0.2, -0.15) is 0 Å². The number of hydrogen-bond donors (Lipinski definition) is 1. The van der Waals surface area contributed by atoms with Crippen molar-refractivity contribution in [3.05, 3.63) is 46.9 Å². The molecule has 5 rings (SSSR count). The van der Waals surface area contributed by atoms with Crippen LogP contribution in [0.2, 0.25) is 0 Å². The van der Waals surface area contributed by atoms with Crippen LogP contribution in [-0.2, 0) is 0 Å². The van der Waals surface area contributed by atoms with Gasteiger partial charge in [0.2, 0.25) is 0 Å². The highest BCUT2D eigenvalue weighted by Gasteiger charge is 2.31. The molecule has 4 aromatic rings. The van der Waals surface area contributed by atoms with Crippen molar-refractivity contribution in [2.45, 2.75) is 44.8 Å². The van der Waals surface area contributed by atoms with Crippen LogP contribution in [0.4, 0.5) is 15.8 Å². The number of rotatable bonds is 5. The molecule has 7 heteroatoms. The Balaban J connectivity index is 1.44. The van der Waals surface area contributed by atoms with Crippen LogP contribution >= 0.6 is 22.7 Å². The fourth-order valence-corrected chi connectivity index (χ4v) is 6.43. The monoisotopic (exact) mass is 440 g/mol. The zero-order valence-corrected chi connectivity index (χ0v) is 18.8. The first kappa shape index (κ1) is 19.8. The van der Waals surface area contributed by atoms with Gasteiger partial charge in [-0.3, -0.25) is 4.90 Å². The van der Waals surface area contributed by atoms with Crippen molar-refractivity contribution in [1.29, 1.82) is 0 Å². The molecule has 30 heavy (non-hydrogen) atoms. The van der Waals surface area contributed by atoms with E-state index in [1.165, 1.54) is 9.58 Å². The summed E-state index contributed by atoms with van der Waals surface area (Å²) in [5.74, 6) is 0.427.